The first-order valence-corrected chi connectivity index (χ1v) is 9.08. The normalized spacial score (nSPS) is 13.8. The Morgan fingerprint density at radius 1 is 1.29 bits per heavy atom. The van der Waals surface area contributed by atoms with E-state index in [-0.39, 0.29) is 6.03 Å². The van der Waals surface area contributed by atoms with Crippen molar-refractivity contribution in [3.8, 4) is 11.3 Å². The van der Waals surface area contributed by atoms with E-state index in [1.807, 2.05) is 19.2 Å². The second-order valence-electron chi connectivity index (χ2n) is 6.13. The van der Waals surface area contributed by atoms with E-state index < -0.39 is 0 Å². The fourth-order valence-electron chi connectivity index (χ4n) is 2.82. The number of carbonyl (C=O) groups is 1. The van der Waals surface area contributed by atoms with Crippen molar-refractivity contribution in [3.05, 3.63) is 36.9 Å². The average molecular weight is 383 g/mol. The van der Waals surface area contributed by atoms with E-state index in [1.54, 1.807) is 34.2 Å². The fraction of sp³-hybridized carbons (Fsp3) is 0.333. The zero-order valence-corrected chi connectivity index (χ0v) is 15.5. The molecule has 3 aromatic rings. The molecule has 0 saturated carbocycles. The zero-order chi connectivity index (χ0) is 19.3. The summed E-state index contributed by atoms with van der Waals surface area (Å²) >= 11 is 0. The maximum Gasteiger partial charge on any atom is 0.323 e. The van der Waals surface area contributed by atoms with Crippen molar-refractivity contribution in [2.75, 3.05) is 36.5 Å². The summed E-state index contributed by atoms with van der Waals surface area (Å²) in [6.07, 6.45) is 6.85. The Morgan fingerprint density at radius 2 is 2.21 bits per heavy atom. The van der Waals surface area contributed by atoms with Crippen LogP contribution in [0.2, 0.25) is 0 Å². The highest BCUT2D eigenvalue weighted by molar-refractivity contribution is 5.93. The van der Waals surface area contributed by atoms with Crippen LogP contribution in [0.15, 0.2) is 41.3 Å². The minimum Gasteiger partial charge on any atom is -0.423 e. The molecule has 4 heterocycles. The number of amides is 2. The first-order valence-electron chi connectivity index (χ1n) is 9.08. The molecule has 0 aliphatic carbocycles. The molecule has 146 valence electrons. The van der Waals surface area contributed by atoms with Crippen molar-refractivity contribution in [1.82, 2.24) is 25.1 Å². The second kappa shape index (κ2) is 8.09. The molecule has 2 N–H and O–H groups in total. The Balaban J connectivity index is 1.39. The van der Waals surface area contributed by atoms with Crippen LogP contribution in [-0.4, -0.2) is 52.1 Å². The molecule has 1 aliphatic rings. The van der Waals surface area contributed by atoms with E-state index in [2.05, 4.69) is 25.7 Å². The number of urea groups is 1. The number of hydrogen-bond donors (Lipinski definition) is 2. The third-order valence-electron chi connectivity index (χ3n) is 4.22. The van der Waals surface area contributed by atoms with Crippen LogP contribution < -0.4 is 15.5 Å². The van der Waals surface area contributed by atoms with E-state index in [4.69, 9.17) is 9.15 Å². The van der Waals surface area contributed by atoms with Crippen LogP contribution in [0.5, 0.6) is 0 Å². The summed E-state index contributed by atoms with van der Waals surface area (Å²) in [5.41, 5.74) is 1.55. The summed E-state index contributed by atoms with van der Waals surface area (Å²) in [7, 11) is 0. The summed E-state index contributed by atoms with van der Waals surface area (Å²) in [5, 5.41) is 10.1. The van der Waals surface area contributed by atoms with Crippen molar-refractivity contribution >= 4 is 23.6 Å². The van der Waals surface area contributed by atoms with E-state index >= 15 is 0 Å². The standard InChI is InChI=1S/C18H21N7O3/c1-2-27-8-7-24-12-14(10-22-24)23-17-21-11-15(28-17)13-3-4-16(20-9-13)25-6-5-19-18(25)26/h3-4,9-12H,2,5-8H2,1H3,(H,19,26)(H,21,23). The highest BCUT2D eigenvalue weighted by Gasteiger charge is 2.22. The summed E-state index contributed by atoms with van der Waals surface area (Å²) in [6.45, 7) is 5.18. The van der Waals surface area contributed by atoms with Crippen LogP contribution in [0.25, 0.3) is 11.3 Å². The number of anilines is 3. The molecule has 10 nitrogen and oxygen atoms in total. The van der Waals surface area contributed by atoms with Crippen LogP contribution in [0, 0.1) is 0 Å². The van der Waals surface area contributed by atoms with Crippen LogP contribution >= 0.6 is 0 Å². The molecule has 0 spiro atoms. The van der Waals surface area contributed by atoms with Gasteiger partial charge in [0.25, 0.3) is 6.01 Å². The lowest BCUT2D eigenvalue weighted by Gasteiger charge is -2.12. The van der Waals surface area contributed by atoms with Crippen LogP contribution in [0.1, 0.15) is 6.92 Å². The molecule has 0 bridgehead atoms. The monoisotopic (exact) mass is 383 g/mol. The van der Waals surface area contributed by atoms with Gasteiger partial charge in [-0.05, 0) is 19.1 Å². The van der Waals surface area contributed by atoms with Gasteiger partial charge in [-0.15, -0.1) is 0 Å². The Labute approximate surface area is 161 Å². The SMILES string of the molecule is CCOCCn1cc(Nc2ncc(-c3ccc(N4CCNC4=O)nc3)o2)cn1. The number of carbonyl (C=O) groups excluding carboxylic acids is 1. The molecule has 2 amide bonds. The summed E-state index contributed by atoms with van der Waals surface area (Å²) < 4.78 is 12.9. The van der Waals surface area contributed by atoms with E-state index in [0.29, 0.717) is 50.4 Å². The van der Waals surface area contributed by atoms with Gasteiger partial charge >= 0.3 is 6.03 Å². The van der Waals surface area contributed by atoms with Gasteiger partial charge in [0.1, 0.15) is 5.82 Å². The topological polar surface area (TPSA) is 110 Å². The minimum atomic E-state index is -0.131. The van der Waals surface area contributed by atoms with Gasteiger partial charge in [0.15, 0.2) is 5.76 Å². The van der Waals surface area contributed by atoms with Crippen LogP contribution in [-0.2, 0) is 11.3 Å². The Hall–Kier alpha value is -3.40. The fourth-order valence-corrected chi connectivity index (χ4v) is 2.82. The molecule has 0 unspecified atom stereocenters. The maximum atomic E-state index is 11.7. The first-order chi connectivity index (χ1) is 13.7. The van der Waals surface area contributed by atoms with Gasteiger partial charge < -0.3 is 19.8 Å². The molecule has 0 aromatic carbocycles. The number of hydrogen-bond acceptors (Lipinski definition) is 7. The molecule has 1 saturated heterocycles. The smallest absolute Gasteiger partial charge is 0.323 e. The number of aromatic nitrogens is 4. The Kier molecular flexibility index (Phi) is 5.20. The molecule has 0 radical (unpaired) electrons. The van der Waals surface area contributed by atoms with Crippen molar-refractivity contribution in [1.29, 1.82) is 0 Å². The van der Waals surface area contributed by atoms with Crippen LogP contribution in [0.3, 0.4) is 0 Å². The van der Waals surface area contributed by atoms with E-state index in [1.165, 1.54) is 0 Å². The van der Waals surface area contributed by atoms with Gasteiger partial charge in [0.2, 0.25) is 0 Å². The molecule has 1 aliphatic heterocycles. The number of nitrogens with one attached hydrogen (secondary N) is 2. The number of pyridine rings is 1. The van der Waals surface area contributed by atoms with Gasteiger partial charge in [0, 0.05) is 37.7 Å². The Morgan fingerprint density at radius 3 is 2.96 bits per heavy atom. The summed E-state index contributed by atoms with van der Waals surface area (Å²) in [5.74, 6) is 1.19. The number of ether oxygens (including phenoxy) is 1. The van der Waals surface area contributed by atoms with Gasteiger partial charge in [-0.1, -0.05) is 0 Å². The summed E-state index contributed by atoms with van der Waals surface area (Å²) in [4.78, 5) is 21.9. The minimum absolute atomic E-state index is 0.131. The zero-order valence-electron chi connectivity index (χ0n) is 15.5. The number of oxazole rings is 1. The lowest BCUT2D eigenvalue weighted by Crippen LogP contribution is -2.28. The van der Waals surface area contributed by atoms with E-state index in [9.17, 15) is 4.79 Å². The highest BCUT2D eigenvalue weighted by Crippen LogP contribution is 2.25. The Bertz CT molecular complexity index is 935. The van der Waals surface area contributed by atoms with E-state index in [0.717, 1.165) is 11.3 Å². The van der Waals surface area contributed by atoms with Crippen molar-refractivity contribution in [2.45, 2.75) is 13.5 Å². The van der Waals surface area contributed by atoms with Crippen molar-refractivity contribution in [2.24, 2.45) is 0 Å². The van der Waals surface area contributed by atoms with Gasteiger partial charge in [-0.2, -0.15) is 5.10 Å². The van der Waals surface area contributed by atoms with Crippen molar-refractivity contribution in [3.63, 3.8) is 0 Å². The van der Waals surface area contributed by atoms with Crippen molar-refractivity contribution < 1.29 is 13.9 Å². The lowest BCUT2D eigenvalue weighted by atomic mass is 10.2. The lowest BCUT2D eigenvalue weighted by molar-refractivity contribution is 0.136. The highest BCUT2D eigenvalue weighted by atomic mass is 16.5. The predicted octanol–water partition coefficient (Wildman–Crippen LogP) is 2.24. The third kappa shape index (κ3) is 3.96. The maximum absolute atomic E-state index is 11.7. The molecular weight excluding hydrogens is 362 g/mol. The molecule has 0 atom stereocenters. The average Bonchev–Trinajstić information content (AvgIpc) is 3.44. The summed E-state index contributed by atoms with van der Waals surface area (Å²) in [6, 6.07) is 3.87. The number of rotatable bonds is 8. The molecule has 10 heteroatoms. The van der Waals surface area contributed by atoms with Gasteiger partial charge in [0.05, 0.1) is 31.2 Å². The van der Waals surface area contributed by atoms with Gasteiger partial charge in [-0.25, -0.2) is 14.8 Å². The quantitative estimate of drug-likeness (QED) is 0.574. The molecular formula is C18H21N7O3. The second-order valence-corrected chi connectivity index (χ2v) is 6.13. The largest absolute Gasteiger partial charge is 0.423 e. The molecule has 28 heavy (non-hydrogen) atoms. The third-order valence-corrected chi connectivity index (χ3v) is 4.22. The predicted molar refractivity (Wildman–Crippen MR) is 102 cm³/mol. The first kappa shape index (κ1) is 18.0. The number of nitrogens with zero attached hydrogens (tertiary/aromatic N) is 5. The van der Waals surface area contributed by atoms with Crippen LogP contribution in [0.4, 0.5) is 22.3 Å². The molecule has 3 aromatic heterocycles. The van der Waals surface area contributed by atoms with Gasteiger partial charge in [-0.3, -0.25) is 9.58 Å². The molecule has 4 rings (SSSR count). The molecule has 1 fully saturated rings.